The highest BCUT2D eigenvalue weighted by Gasteiger charge is 2.50. The van der Waals surface area contributed by atoms with E-state index in [1.54, 1.807) is 19.2 Å². The Morgan fingerprint density at radius 3 is 2.35 bits per heavy atom. The molecule has 0 saturated heterocycles. The summed E-state index contributed by atoms with van der Waals surface area (Å²) in [5.41, 5.74) is 1.63. The first kappa shape index (κ1) is 17.5. The first-order valence-corrected chi connectivity index (χ1v) is 9.65. The third kappa shape index (κ3) is 3.14. The SMILES string of the molecule is COc1ccccc1C1(O)CCC2(CCC(c3ccc(F)cc3)CC2)C1. The summed E-state index contributed by atoms with van der Waals surface area (Å²) in [5.74, 6) is 1.13. The molecular weight excluding hydrogens is 327 g/mol. The fourth-order valence-electron chi connectivity index (χ4n) is 5.25. The van der Waals surface area contributed by atoms with Gasteiger partial charge in [-0.15, -0.1) is 0 Å². The Hall–Kier alpha value is -1.87. The van der Waals surface area contributed by atoms with Gasteiger partial charge in [-0.3, -0.25) is 0 Å². The minimum atomic E-state index is -0.782. The lowest BCUT2D eigenvalue weighted by atomic mass is 9.67. The normalized spacial score (nSPS) is 31.3. The van der Waals surface area contributed by atoms with Crippen LogP contribution in [0.2, 0.25) is 0 Å². The Morgan fingerprint density at radius 1 is 0.962 bits per heavy atom. The second kappa shape index (κ2) is 6.70. The Balaban J connectivity index is 1.48. The zero-order chi connectivity index (χ0) is 18.2. The molecule has 0 aromatic heterocycles. The summed E-state index contributed by atoms with van der Waals surface area (Å²) in [7, 11) is 1.67. The largest absolute Gasteiger partial charge is 0.496 e. The van der Waals surface area contributed by atoms with Gasteiger partial charge in [0.2, 0.25) is 0 Å². The maximum atomic E-state index is 13.2. The summed E-state index contributed by atoms with van der Waals surface area (Å²) in [5, 5.41) is 11.4. The Kier molecular flexibility index (Phi) is 4.52. The van der Waals surface area contributed by atoms with Gasteiger partial charge < -0.3 is 9.84 Å². The number of halogens is 1. The van der Waals surface area contributed by atoms with Gasteiger partial charge in [-0.25, -0.2) is 4.39 Å². The van der Waals surface area contributed by atoms with E-state index in [1.165, 1.54) is 5.56 Å². The van der Waals surface area contributed by atoms with Crippen LogP contribution in [0.3, 0.4) is 0 Å². The molecule has 2 aliphatic carbocycles. The van der Waals surface area contributed by atoms with E-state index in [-0.39, 0.29) is 11.2 Å². The molecule has 0 heterocycles. The van der Waals surface area contributed by atoms with Crippen molar-refractivity contribution in [2.45, 2.75) is 56.5 Å². The number of methoxy groups -OCH3 is 1. The van der Waals surface area contributed by atoms with Crippen molar-refractivity contribution in [3.8, 4) is 5.75 Å². The van der Waals surface area contributed by atoms with Crippen LogP contribution in [0.25, 0.3) is 0 Å². The van der Waals surface area contributed by atoms with Gasteiger partial charge in [-0.2, -0.15) is 0 Å². The molecular formula is C23H27FO2. The van der Waals surface area contributed by atoms with Crippen LogP contribution in [0, 0.1) is 11.2 Å². The van der Waals surface area contributed by atoms with Crippen molar-refractivity contribution >= 4 is 0 Å². The number of rotatable bonds is 3. The van der Waals surface area contributed by atoms with Gasteiger partial charge in [0.1, 0.15) is 11.6 Å². The molecule has 2 aliphatic rings. The van der Waals surface area contributed by atoms with Gasteiger partial charge in [-0.1, -0.05) is 30.3 Å². The number of ether oxygens (including phenoxy) is 1. The summed E-state index contributed by atoms with van der Waals surface area (Å²) in [4.78, 5) is 0. The molecule has 138 valence electrons. The molecule has 4 rings (SSSR count). The second-order valence-corrected chi connectivity index (χ2v) is 8.23. The van der Waals surface area contributed by atoms with E-state index in [9.17, 15) is 9.50 Å². The predicted molar refractivity (Wildman–Crippen MR) is 101 cm³/mol. The highest BCUT2D eigenvalue weighted by Crippen LogP contribution is 2.58. The van der Waals surface area contributed by atoms with Crippen LogP contribution in [-0.4, -0.2) is 12.2 Å². The molecule has 2 nitrogen and oxygen atoms in total. The number of para-hydroxylation sites is 1. The zero-order valence-electron chi connectivity index (χ0n) is 15.4. The second-order valence-electron chi connectivity index (χ2n) is 8.23. The van der Waals surface area contributed by atoms with Crippen LogP contribution in [0.15, 0.2) is 48.5 Å². The fraction of sp³-hybridized carbons (Fsp3) is 0.478. The van der Waals surface area contributed by atoms with E-state index in [0.717, 1.165) is 56.3 Å². The number of benzene rings is 2. The molecule has 0 aliphatic heterocycles. The van der Waals surface area contributed by atoms with Gasteiger partial charge in [0.05, 0.1) is 12.7 Å². The first-order valence-electron chi connectivity index (χ1n) is 9.65. The van der Waals surface area contributed by atoms with Crippen molar-refractivity contribution in [2.75, 3.05) is 7.11 Å². The van der Waals surface area contributed by atoms with E-state index in [4.69, 9.17) is 4.74 Å². The smallest absolute Gasteiger partial charge is 0.124 e. The van der Waals surface area contributed by atoms with Crippen LogP contribution in [0.1, 0.15) is 62.0 Å². The summed E-state index contributed by atoms with van der Waals surface area (Å²) in [6, 6.07) is 14.9. The van der Waals surface area contributed by atoms with E-state index in [1.807, 2.05) is 36.4 Å². The molecule has 26 heavy (non-hydrogen) atoms. The van der Waals surface area contributed by atoms with E-state index >= 15 is 0 Å². The Labute approximate surface area is 155 Å². The number of hydrogen-bond donors (Lipinski definition) is 1. The van der Waals surface area contributed by atoms with E-state index < -0.39 is 5.60 Å². The van der Waals surface area contributed by atoms with Gasteiger partial charge in [0, 0.05) is 5.56 Å². The topological polar surface area (TPSA) is 29.5 Å². The highest BCUT2D eigenvalue weighted by molar-refractivity contribution is 5.39. The number of hydrogen-bond acceptors (Lipinski definition) is 2. The Bertz CT molecular complexity index is 762. The standard InChI is InChI=1S/C23H27FO2/c1-26-21-5-3-2-4-20(21)23(25)15-14-22(16-23)12-10-18(11-13-22)17-6-8-19(24)9-7-17/h2-9,18,25H,10-16H2,1H3. The van der Waals surface area contributed by atoms with Crippen LogP contribution >= 0.6 is 0 Å². The molecule has 1 N–H and O–H groups in total. The molecule has 0 bridgehead atoms. The van der Waals surface area contributed by atoms with Crippen molar-refractivity contribution < 1.29 is 14.2 Å². The highest BCUT2D eigenvalue weighted by atomic mass is 19.1. The molecule has 1 spiro atoms. The summed E-state index contributed by atoms with van der Waals surface area (Å²) < 4.78 is 18.7. The molecule has 2 aromatic carbocycles. The minimum Gasteiger partial charge on any atom is -0.496 e. The molecule has 1 atom stereocenters. The Morgan fingerprint density at radius 2 is 1.65 bits per heavy atom. The lowest BCUT2D eigenvalue weighted by Crippen LogP contribution is -2.29. The van der Waals surface area contributed by atoms with Crippen LogP contribution in [0.5, 0.6) is 5.75 Å². The quantitative estimate of drug-likeness (QED) is 0.783. The maximum Gasteiger partial charge on any atom is 0.124 e. The van der Waals surface area contributed by atoms with Crippen molar-refractivity contribution in [3.05, 3.63) is 65.5 Å². The van der Waals surface area contributed by atoms with Crippen LogP contribution < -0.4 is 4.74 Å². The molecule has 2 aromatic rings. The molecule has 2 fully saturated rings. The third-order valence-corrected chi connectivity index (χ3v) is 6.73. The maximum absolute atomic E-state index is 13.2. The van der Waals surface area contributed by atoms with Gasteiger partial charge in [0.25, 0.3) is 0 Å². The number of aliphatic hydroxyl groups is 1. The molecule has 0 amide bonds. The van der Waals surface area contributed by atoms with Gasteiger partial charge in [0.15, 0.2) is 0 Å². The lowest BCUT2D eigenvalue weighted by molar-refractivity contribution is 0.0205. The third-order valence-electron chi connectivity index (χ3n) is 6.73. The summed E-state index contributed by atoms with van der Waals surface area (Å²) >= 11 is 0. The molecule has 3 heteroatoms. The van der Waals surface area contributed by atoms with Crippen LogP contribution in [-0.2, 0) is 5.60 Å². The van der Waals surface area contributed by atoms with E-state index in [2.05, 4.69) is 0 Å². The summed E-state index contributed by atoms with van der Waals surface area (Å²) in [6.07, 6.45) is 7.18. The van der Waals surface area contributed by atoms with Gasteiger partial charge in [-0.05, 0) is 80.0 Å². The molecule has 0 radical (unpaired) electrons. The first-order chi connectivity index (χ1) is 12.5. The van der Waals surface area contributed by atoms with E-state index in [0.29, 0.717) is 5.92 Å². The van der Waals surface area contributed by atoms with Crippen molar-refractivity contribution in [1.82, 2.24) is 0 Å². The average molecular weight is 354 g/mol. The van der Waals surface area contributed by atoms with Crippen molar-refractivity contribution in [1.29, 1.82) is 0 Å². The lowest BCUT2D eigenvalue weighted by Gasteiger charge is -2.39. The molecule has 2 saturated carbocycles. The van der Waals surface area contributed by atoms with Crippen molar-refractivity contribution in [3.63, 3.8) is 0 Å². The fourth-order valence-corrected chi connectivity index (χ4v) is 5.25. The average Bonchev–Trinajstić information content (AvgIpc) is 3.01. The van der Waals surface area contributed by atoms with Crippen molar-refractivity contribution in [2.24, 2.45) is 5.41 Å². The minimum absolute atomic E-state index is 0.168. The summed E-state index contributed by atoms with van der Waals surface area (Å²) in [6.45, 7) is 0. The van der Waals surface area contributed by atoms with Crippen LogP contribution in [0.4, 0.5) is 4.39 Å². The zero-order valence-corrected chi connectivity index (χ0v) is 15.4. The van der Waals surface area contributed by atoms with Gasteiger partial charge >= 0.3 is 0 Å². The molecule has 1 unspecified atom stereocenters. The predicted octanol–water partition coefficient (Wildman–Crippen LogP) is 5.55. The monoisotopic (exact) mass is 354 g/mol.